The van der Waals surface area contributed by atoms with Gasteiger partial charge in [0.1, 0.15) is 6.07 Å². The molecule has 0 radical (unpaired) electrons. The second kappa shape index (κ2) is 6.77. The maximum Gasteiger partial charge on any atom is 0.103 e. The van der Waals surface area contributed by atoms with E-state index in [0.29, 0.717) is 18.3 Å². The predicted octanol–water partition coefficient (Wildman–Crippen LogP) is 3.69. The third-order valence-corrected chi connectivity index (χ3v) is 3.86. The van der Waals surface area contributed by atoms with Crippen LogP contribution in [0.2, 0.25) is 0 Å². The number of rotatable bonds is 5. The Kier molecular flexibility index (Phi) is 5.03. The van der Waals surface area contributed by atoms with E-state index in [2.05, 4.69) is 27.3 Å². The van der Waals surface area contributed by atoms with Crippen LogP contribution < -0.4 is 5.32 Å². The Labute approximate surface area is 116 Å². The Morgan fingerprint density at radius 1 is 1.39 bits per heavy atom. The van der Waals surface area contributed by atoms with E-state index in [9.17, 15) is 0 Å². The highest BCUT2D eigenvalue weighted by molar-refractivity contribution is 9.10. The van der Waals surface area contributed by atoms with E-state index in [-0.39, 0.29) is 0 Å². The van der Waals surface area contributed by atoms with Crippen molar-refractivity contribution in [2.24, 2.45) is 0 Å². The molecule has 4 heteroatoms. The van der Waals surface area contributed by atoms with E-state index in [1.165, 1.54) is 25.7 Å². The minimum Gasteiger partial charge on any atom is -0.382 e. The lowest BCUT2D eigenvalue weighted by Gasteiger charge is -2.13. The van der Waals surface area contributed by atoms with Gasteiger partial charge in [0.25, 0.3) is 0 Å². The first-order valence-electron chi connectivity index (χ1n) is 6.35. The fourth-order valence-corrected chi connectivity index (χ4v) is 2.71. The molecule has 0 aliphatic heterocycles. The number of anilines is 1. The number of nitriles is 1. The molecule has 0 amide bonds. The van der Waals surface area contributed by atoms with E-state index in [1.54, 1.807) is 0 Å². The van der Waals surface area contributed by atoms with Gasteiger partial charge in [-0.15, -0.1) is 0 Å². The quantitative estimate of drug-likeness (QED) is 0.844. The molecule has 0 atom stereocenters. The Balaban J connectivity index is 1.79. The van der Waals surface area contributed by atoms with Crippen LogP contribution in [0.25, 0.3) is 0 Å². The van der Waals surface area contributed by atoms with Crippen LogP contribution in [0, 0.1) is 11.3 Å². The molecule has 1 aromatic rings. The molecule has 1 aliphatic rings. The average Bonchev–Trinajstić information content (AvgIpc) is 2.88. The molecule has 1 N–H and O–H groups in total. The fourth-order valence-electron chi connectivity index (χ4n) is 2.25. The monoisotopic (exact) mass is 308 g/mol. The number of ether oxygens (including phenoxy) is 1. The molecule has 0 bridgehead atoms. The van der Waals surface area contributed by atoms with Gasteiger partial charge in [0.05, 0.1) is 24.0 Å². The molecule has 1 fully saturated rings. The lowest BCUT2D eigenvalue weighted by Crippen LogP contribution is -2.15. The molecular weight excluding hydrogens is 292 g/mol. The molecule has 0 saturated heterocycles. The number of hydrogen-bond acceptors (Lipinski definition) is 3. The van der Waals surface area contributed by atoms with Gasteiger partial charge in [-0.2, -0.15) is 5.26 Å². The van der Waals surface area contributed by atoms with E-state index in [1.807, 2.05) is 18.2 Å². The topological polar surface area (TPSA) is 45.0 Å². The van der Waals surface area contributed by atoms with Gasteiger partial charge < -0.3 is 10.1 Å². The standard InChI is InChI=1S/C14H17BrN2O/c15-13-6-3-7-14(12(13)10-16)17-8-9-18-11-4-1-2-5-11/h3,6-7,11,17H,1-2,4-5,8-9H2. The summed E-state index contributed by atoms with van der Waals surface area (Å²) in [5.41, 5.74) is 1.51. The first-order valence-corrected chi connectivity index (χ1v) is 7.14. The van der Waals surface area contributed by atoms with Crippen LogP contribution in [0.3, 0.4) is 0 Å². The summed E-state index contributed by atoms with van der Waals surface area (Å²) >= 11 is 3.38. The highest BCUT2D eigenvalue weighted by Gasteiger charge is 2.14. The minimum atomic E-state index is 0.449. The van der Waals surface area contributed by atoms with Crippen molar-refractivity contribution in [1.82, 2.24) is 0 Å². The Morgan fingerprint density at radius 3 is 2.89 bits per heavy atom. The summed E-state index contributed by atoms with van der Waals surface area (Å²) in [4.78, 5) is 0. The molecule has 18 heavy (non-hydrogen) atoms. The van der Waals surface area contributed by atoms with Gasteiger partial charge in [-0.1, -0.05) is 18.9 Å². The minimum absolute atomic E-state index is 0.449. The van der Waals surface area contributed by atoms with Crippen LogP contribution in [-0.4, -0.2) is 19.3 Å². The number of halogens is 1. The summed E-state index contributed by atoms with van der Waals surface area (Å²) in [6.07, 6.45) is 5.43. The van der Waals surface area contributed by atoms with Crippen LogP contribution in [-0.2, 0) is 4.74 Å². The van der Waals surface area contributed by atoms with Crippen LogP contribution >= 0.6 is 15.9 Å². The molecule has 0 spiro atoms. The van der Waals surface area contributed by atoms with Gasteiger partial charge in [0.2, 0.25) is 0 Å². The van der Waals surface area contributed by atoms with Gasteiger partial charge in [0, 0.05) is 11.0 Å². The predicted molar refractivity (Wildman–Crippen MR) is 75.6 cm³/mol. The second-order valence-corrected chi connectivity index (χ2v) is 5.33. The summed E-state index contributed by atoms with van der Waals surface area (Å²) in [6, 6.07) is 7.91. The van der Waals surface area contributed by atoms with Crippen molar-refractivity contribution in [3.63, 3.8) is 0 Å². The number of nitrogens with zero attached hydrogens (tertiary/aromatic N) is 1. The zero-order chi connectivity index (χ0) is 12.8. The maximum atomic E-state index is 9.08. The molecule has 2 rings (SSSR count). The molecule has 0 unspecified atom stereocenters. The summed E-state index contributed by atoms with van der Waals surface area (Å²) in [5.74, 6) is 0. The fraction of sp³-hybridized carbons (Fsp3) is 0.500. The van der Waals surface area contributed by atoms with Crippen LogP contribution in [0.1, 0.15) is 31.2 Å². The first kappa shape index (κ1) is 13.4. The first-order chi connectivity index (χ1) is 8.81. The summed E-state index contributed by atoms with van der Waals surface area (Å²) in [7, 11) is 0. The molecule has 1 aromatic carbocycles. The van der Waals surface area contributed by atoms with Crippen molar-refractivity contribution < 1.29 is 4.74 Å². The summed E-state index contributed by atoms with van der Waals surface area (Å²) in [6.45, 7) is 1.43. The molecule has 1 aliphatic carbocycles. The Bertz CT molecular complexity index is 436. The zero-order valence-electron chi connectivity index (χ0n) is 10.3. The van der Waals surface area contributed by atoms with Crippen molar-refractivity contribution in [3.8, 4) is 6.07 Å². The van der Waals surface area contributed by atoms with Gasteiger partial charge in [-0.25, -0.2) is 0 Å². The van der Waals surface area contributed by atoms with Crippen molar-refractivity contribution in [2.75, 3.05) is 18.5 Å². The van der Waals surface area contributed by atoms with E-state index >= 15 is 0 Å². The van der Waals surface area contributed by atoms with Crippen LogP contribution in [0.5, 0.6) is 0 Å². The highest BCUT2D eigenvalue weighted by atomic mass is 79.9. The van der Waals surface area contributed by atoms with E-state index in [4.69, 9.17) is 10.00 Å². The molecule has 0 aromatic heterocycles. The second-order valence-electron chi connectivity index (χ2n) is 4.48. The molecule has 1 saturated carbocycles. The molecule has 96 valence electrons. The van der Waals surface area contributed by atoms with Crippen molar-refractivity contribution >= 4 is 21.6 Å². The Hall–Kier alpha value is -1.05. The number of hydrogen-bond donors (Lipinski definition) is 1. The zero-order valence-corrected chi connectivity index (χ0v) is 11.9. The summed E-state index contributed by atoms with van der Waals surface area (Å²) in [5, 5.41) is 12.3. The third kappa shape index (κ3) is 3.47. The highest BCUT2D eigenvalue weighted by Crippen LogP contribution is 2.24. The maximum absolute atomic E-state index is 9.08. The molecule has 0 heterocycles. The van der Waals surface area contributed by atoms with Gasteiger partial charge in [-0.05, 0) is 40.9 Å². The van der Waals surface area contributed by atoms with Gasteiger partial charge in [-0.3, -0.25) is 0 Å². The summed E-state index contributed by atoms with van der Waals surface area (Å²) < 4.78 is 6.60. The lowest BCUT2D eigenvalue weighted by molar-refractivity contribution is 0.0659. The van der Waals surface area contributed by atoms with Crippen molar-refractivity contribution in [2.45, 2.75) is 31.8 Å². The Morgan fingerprint density at radius 2 is 2.17 bits per heavy atom. The van der Waals surface area contributed by atoms with Crippen molar-refractivity contribution in [1.29, 1.82) is 5.26 Å². The normalized spacial score (nSPS) is 15.6. The number of nitrogens with one attached hydrogen (secondary N) is 1. The average molecular weight is 309 g/mol. The molecule has 3 nitrogen and oxygen atoms in total. The molecular formula is C14H17BrN2O. The van der Waals surface area contributed by atoms with Gasteiger partial charge in [0.15, 0.2) is 0 Å². The van der Waals surface area contributed by atoms with Crippen LogP contribution in [0.4, 0.5) is 5.69 Å². The largest absolute Gasteiger partial charge is 0.382 e. The van der Waals surface area contributed by atoms with Crippen LogP contribution in [0.15, 0.2) is 22.7 Å². The SMILES string of the molecule is N#Cc1c(Br)cccc1NCCOC1CCCC1. The van der Waals surface area contributed by atoms with Gasteiger partial charge >= 0.3 is 0 Å². The van der Waals surface area contributed by atoms with E-state index < -0.39 is 0 Å². The lowest BCUT2D eigenvalue weighted by atomic mass is 10.2. The smallest absolute Gasteiger partial charge is 0.103 e. The third-order valence-electron chi connectivity index (χ3n) is 3.20. The van der Waals surface area contributed by atoms with Crippen molar-refractivity contribution in [3.05, 3.63) is 28.2 Å². The van der Waals surface area contributed by atoms with E-state index in [0.717, 1.165) is 16.7 Å². The number of benzene rings is 1.